The van der Waals surface area contributed by atoms with E-state index in [2.05, 4.69) is 0 Å². The van der Waals surface area contributed by atoms with E-state index in [9.17, 15) is 15.0 Å². The standard InChI is InChI=1S/C24H31NO6/c1-2-30-21-15-22(26)23(25(16-21)24(27)28)19-9-11-20(12-10-19)31-14-6-13-29-17-18-7-4-3-5-8-18/h3-5,7-12,21-23,26H,2,6,13-17H2,1H3,(H,27,28). The highest BCUT2D eigenvalue weighted by molar-refractivity contribution is 5.66. The molecule has 0 aliphatic carbocycles. The number of piperidine rings is 1. The minimum absolute atomic E-state index is 0.242. The highest BCUT2D eigenvalue weighted by atomic mass is 16.5. The maximum atomic E-state index is 11.7. The van der Waals surface area contributed by atoms with Gasteiger partial charge in [0.15, 0.2) is 0 Å². The number of rotatable bonds is 10. The summed E-state index contributed by atoms with van der Waals surface area (Å²) in [5.74, 6) is 0.700. The lowest BCUT2D eigenvalue weighted by Gasteiger charge is -2.41. The molecule has 2 aromatic rings. The molecule has 7 nitrogen and oxygen atoms in total. The van der Waals surface area contributed by atoms with Crippen LogP contribution in [0.2, 0.25) is 0 Å². The Morgan fingerprint density at radius 2 is 1.84 bits per heavy atom. The van der Waals surface area contributed by atoms with Gasteiger partial charge in [0.25, 0.3) is 0 Å². The molecule has 1 heterocycles. The van der Waals surface area contributed by atoms with Crippen LogP contribution in [-0.4, -0.2) is 59.8 Å². The fourth-order valence-corrected chi connectivity index (χ4v) is 3.85. The number of aliphatic hydroxyl groups excluding tert-OH is 1. The van der Waals surface area contributed by atoms with Crippen LogP contribution in [0.25, 0.3) is 0 Å². The van der Waals surface area contributed by atoms with Gasteiger partial charge in [0, 0.05) is 19.4 Å². The second kappa shape index (κ2) is 11.7. The van der Waals surface area contributed by atoms with Crippen molar-refractivity contribution in [2.75, 3.05) is 26.4 Å². The molecule has 7 heteroatoms. The monoisotopic (exact) mass is 429 g/mol. The summed E-state index contributed by atoms with van der Waals surface area (Å²) < 4.78 is 16.9. The van der Waals surface area contributed by atoms with Crippen LogP contribution < -0.4 is 4.74 Å². The number of benzene rings is 2. The molecule has 1 saturated heterocycles. The fraction of sp³-hybridized carbons (Fsp3) is 0.458. The summed E-state index contributed by atoms with van der Waals surface area (Å²) in [7, 11) is 0. The molecule has 168 valence electrons. The van der Waals surface area contributed by atoms with Gasteiger partial charge in [-0.2, -0.15) is 0 Å². The Bertz CT molecular complexity index is 797. The van der Waals surface area contributed by atoms with Crippen LogP contribution in [0.4, 0.5) is 4.79 Å². The summed E-state index contributed by atoms with van der Waals surface area (Å²) in [4.78, 5) is 13.0. The number of carbonyl (C=O) groups is 1. The number of hydrogen-bond donors (Lipinski definition) is 2. The average molecular weight is 430 g/mol. The molecule has 3 atom stereocenters. The quantitative estimate of drug-likeness (QED) is 0.558. The number of ether oxygens (including phenoxy) is 3. The van der Waals surface area contributed by atoms with Crippen molar-refractivity contribution < 1.29 is 29.2 Å². The molecule has 0 radical (unpaired) electrons. The van der Waals surface area contributed by atoms with Gasteiger partial charge < -0.3 is 24.4 Å². The van der Waals surface area contributed by atoms with Gasteiger partial charge in [-0.3, -0.25) is 4.90 Å². The summed E-state index contributed by atoms with van der Waals surface area (Å²) in [5, 5.41) is 20.2. The van der Waals surface area contributed by atoms with E-state index in [0.29, 0.717) is 38.6 Å². The van der Waals surface area contributed by atoms with Gasteiger partial charge in [-0.15, -0.1) is 0 Å². The van der Waals surface area contributed by atoms with Crippen LogP contribution in [0.1, 0.15) is 36.9 Å². The smallest absolute Gasteiger partial charge is 0.407 e. The lowest BCUT2D eigenvalue weighted by molar-refractivity contribution is -0.0675. The maximum absolute atomic E-state index is 11.7. The summed E-state index contributed by atoms with van der Waals surface area (Å²) >= 11 is 0. The third kappa shape index (κ3) is 6.69. The van der Waals surface area contributed by atoms with E-state index < -0.39 is 18.2 Å². The SMILES string of the molecule is CCOC1CC(O)C(c2ccc(OCCCOCc3ccccc3)cc2)N(C(=O)O)C1. The zero-order valence-corrected chi connectivity index (χ0v) is 17.9. The normalized spacial score (nSPS) is 21.1. The van der Waals surface area contributed by atoms with Crippen molar-refractivity contribution in [1.29, 1.82) is 0 Å². The molecule has 1 fully saturated rings. The number of carboxylic acid groups (broad SMARTS) is 1. The van der Waals surface area contributed by atoms with Gasteiger partial charge in [-0.1, -0.05) is 42.5 Å². The van der Waals surface area contributed by atoms with Crippen molar-refractivity contribution in [3.05, 3.63) is 65.7 Å². The third-order valence-corrected chi connectivity index (χ3v) is 5.29. The maximum Gasteiger partial charge on any atom is 0.407 e. The molecule has 0 aromatic heterocycles. The number of likely N-dealkylation sites (tertiary alicyclic amines) is 1. The van der Waals surface area contributed by atoms with Crippen molar-refractivity contribution in [3.8, 4) is 5.75 Å². The molecular weight excluding hydrogens is 398 g/mol. The minimum Gasteiger partial charge on any atom is -0.494 e. The van der Waals surface area contributed by atoms with Crippen LogP contribution in [0.3, 0.4) is 0 Å². The van der Waals surface area contributed by atoms with Gasteiger partial charge >= 0.3 is 6.09 Å². The molecule has 0 spiro atoms. The predicted octanol–water partition coefficient (Wildman–Crippen LogP) is 3.86. The lowest BCUT2D eigenvalue weighted by Crippen LogP contribution is -2.50. The van der Waals surface area contributed by atoms with E-state index in [0.717, 1.165) is 17.5 Å². The first-order valence-electron chi connectivity index (χ1n) is 10.7. The molecule has 1 aliphatic rings. The lowest BCUT2D eigenvalue weighted by atomic mass is 9.91. The number of amides is 1. The average Bonchev–Trinajstić information content (AvgIpc) is 2.77. The van der Waals surface area contributed by atoms with Crippen molar-refractivity contribution >= 4 is 6.09 Å². The van der Waals surface area contributed by atoms with Crippen LogP contribution >= 0.6 is 0 Å². The van der Waals surface area contributed by atoms with E-state index in [1.807, 2.05) is 61.5 Å². The largest absolute Gasteiger partial charge is 0.494 e. The van der Waals surface area contributed by atoms with Gasteiger partial charge in [0.2, 0.25) is 0 Å². The predicted molar refractivity (Wildman–Crippen MR) is 116 cm³/mol. The Hall–Kier alpha value is -2.61. The minimum atomic E-state index is -1.07. The van der Waals surface area contributed by atoms with Gasteiger partial charge in [0.05, 0.1) is 44.6 Å². The summed E-state index contributed by atoms with van der Waals surface area (Å²) in [6.45, 7) is 4.31. The molecule has 0 bridgehead atoms. The van der Waals surface area contributed by atoms with E-state index >= 15 is 0 Å². The van der Waals surface area contributed by atoms with Crippen molar-refractivity contribution in [1.82, 2.24) is 4.90 Å². The Morgan fingerprint density at radius 1 is 1.10 bits per heavy atom. The van der Waals surface area contributed by atoms with Gasteiger partial charge in [-0.05, 0) is 30.2 Å². The molecule has 2 aromatic carbocycles. The molecule has 1 amide bonds. The van der Waals surface area contributed by atoms with Crippen molar-refractivity contribution in [2.45, 2.75) is 44.6 Å². The zero-order valence-electron chi connectivity index (χ0n) is 17.9. The van der Waals surface area contributed by atoms with E-state index in [1.54, 1.807) is 0 Å². The number of nitrogens with zero attached hydrogens (tertiary/aromatic N) is 1. The Kier molecular flexibility index (Phi) is 8.70. The summed E-state index contributed by atoms with van der Waals surface area (Å²) in [5.41, 5.74) is 1.88. The summed E-state index contributed by atoms with van der Waals surface area (Å²) in [6.07, 6.45) is -1.01. The fourth-order valence-electron chi connectivity index (χ4n) is 3.85. The van der Waals surface area contributed by atoms with Gasteiger partial charge in [-0.25, -0.2) is 4.79 Å². The van der Waals surface area contributed by atoms with E-state index in [4.69, 9.17) is 14.2 Å². The van der Waals surface area contributed by atoms with Crippen molar-refractivity contribution in [2.24, 2.45) is 0 Å². The van der Waals surface area contributed by atoms with Crippen LogP contribution in [0.5, 0.6) is 5.75 Å². The third-order valence-electron chi connectivity index (χ3n) is 5.29. The van der Waals surface area contributed by atoms with E-state index in [1.165, 1.54) is 4.90 Å². The molecular formula is C24H31NO6. The first kappa shape index (κ1) is 23.1. The molecule has 2 N–H and O–H groups in total. The molecule has 31 heavy (non-hydrogen) atoms. The second-order valence-corrected chi connectivity index (χ2v) is 7.57. The van der Waals surface area contributed by atoms with Crippen LogP contribution in [-0.2, 0) is 16.1 Å². The Balaban J connectivity index is 1.47. The van der Waals surface area contributed by atoms with Crippen LogP contribution in [0.15, 0.2) is 54.6 Å². The molecule has 1 aliphatic heterocycles. The number of aliphatic hydroxyl groups is 1. The first-order chi connectivity index (χ1) is 15.1. The van der Waals surface area contributed by atoms with E-state index in [-0.39, 0.29) is 12.6 Å². The van der Waals surface area contributed by atoms with Gasteiger partial charge in [0.1, 0.15) is 5.75 Å². The molecule has 3 unspecified atom stereocenters. The van der Waals surface area contributed by atoms with Crippen LogP contribution in [0, 0.1) is 0 Å². The highest BCUT2D eigenvalue weighted by Gasteiger charge is 2.39. The number of hydrogen-bond acceptors (Lipinski definition) is 5. The summed E-state index contributed by atoms with van der Waals surface area (Å²) in [6, 6.07) is 16.6. The first-order valence-corrected chi connectivity index (χ1v) is 10.7. The Labute approximate surface area is 183 Å². The molecule has 3 rings (SSSR count). The highest BCUT2D eigenvalue weighted by Crippen LogP contribution is 2.33. The Morgan fingerprint density at radius 3 is 2.52 bits per heavy atom. The topological polar surface area (TPSA) is 88.5 Å². The second-order valence-electron chi connectivity index (χ2n) is 7.57. The zero-order chi connectivity index (χ0) is 22.1. The molecule has 0 saturated carbocycles. The van der Waals surface area contributed by atoms with Crippen molar-refractivity contribution in [3.63, 3.8) is 0 Å².